The number of hydrogen-bond acceptors (Lipinski definition) is 3. The Bertz CT molecular complexity index is 499. The number of phenols is 1. The zero-order valence-corrected chi connectivity index (χ0v) is 13.7. The molecule has 1 saturated heterocycles. The van der Waals surface area contributed by atoms with Gasteiger partial charge in [-0.15, -0.1) is 0 Å². The molecule has 0 spiro atoms. The van der Waals surface area contributed by atoms with Gasteiger partial charge in [0.05, 0.1) is 0 Å². The lowest BCUT2D eigenvalue weighted by atomic mass is 9.89. The summed E-state index contributed by atoms with van der Waals surface area (Å²) in [5.74, 6) is -0.186. The first-order valence-electron chi connectivity index (χ1n) is 7.79. The molecule has 0 aromatic heterocycles. The lowest BCUT2D eigenvalue weighted by Gasteiger charge is -2.39. The highest BCUT2D eigenvalue weighted by atomic mass is 79.9. The van der Waals surface area contributed by atoms with Crippen LogP contribution < -0.4 is 5.32 Å². The first kappa shape index (κ1) is 15.3. The van der Waals surface area contributed by atoms with E-state index in [1.165, 1.54) is 31.7 Å². The second kappa shape index (κ2) is 6.63. The predicted octanol–water partition coefficient (Wildman–Crippen LogP) is 3.43. The van der Waals surface area contributed by atoms with Crippen LogP contribution in [0.3, 0.4) is 0 Å². The zero-order valence-electron chi connectivity index (χ0n) is 12.1. The number of nitrogens with zero attached hydrogens (tertiary/aromatic N) is 1. The molecule has 5 heteroatoms. The highest BCUT2D eigenvalue weighted by Crippen LogP contribution is 2.43. The Morgan fingerprint density at radius 1 is 1.24 bits per heavy atom. The van der Waals surface area contributed by atoms with Crippen LogP contribution in [0.4, 0.5) is 4.39 Å². The van der Waals surface area contributed by atoms with E-state index in [0.717, 1.165) is 31.7 Å². The van der Waals surface area contributed by atoms with Gasteiger partial charge >= 0.3 is 0 Å². The van der Waals surface area contributed by atoms with E-state index in [0.29, 0.717) is 10.4 Å². The monoisotopic (exact) mass is 356 g/mol. The van der Waals surface area contributed by atoms with Gasteiger partial charge in [-0.3, -0.25) is 4.90 Å². The van der Waals surface area contributed by atoms with Crippen molar-refractivity contribution in [2.45, 2.75) is 31.7 Å². The Morgan fingerprint density at radius 3 is 2.57 bits per heavy atom. The maximum atomic E-state index is 13.9. The molecular formula is C16H22BrFN2O. The quantitative estimate of drug-likeness (QED) is 0.870. The van der Waals surface area contributed by atoms with Gasteiger partial charge in [0.1, 0.15) is 0 Å². The fraction of sp³-hybridized carbons (Fsp3) is 0.625. The summed E-state index contributed by atoms with van der Waals surface area (Å²) in [5, 5.41) is 13.6. The van der Waals surface area contributed by atoms with Crippen LogP contribution in [0.15, 0.2) is 16.6 Å². The topological polar surface area (TPSA) is 35.5 Å². The van der Waals surface area contributed by atoms with Crippen molar-refractivity contribution < 1.29 is 9.50 Å². The van der Waals surface area contributed by atoms with Crippen LogP contribution in [0.5, 0.6) is 5.75 Å². The van der Waals surface area contributed by atoms with E-state index in [1.54, 1.807) is 0 Å². The van der Waals surface area contributed by atoms with Gasteiger partial charge in [-0.1, -0.05) is 28.8 Å². The molecule has 2 aliphatic rings. The molecule has 1 saturated carbocycles. The van der Waals surface area contributed by atoms with Crippen LogP contribution in [0, 0.1) is 11.7 Å². The standard InChI is InChI=1S/C16H22BrFN2O/c17-12-9-13(16(21)14(18)10-12)15(11-3-1-2-4-11)20-7-5-19-6-8-20/h9-11,15,19,21H,1-8H2/t15-/m0/s1. The summed E-state index contributed by atoms with van der Waals surface area (Å²) in [6.45, 7) is 3.82. The third-order valence-electron chi connectivity index (χ3n) is 4.77. The van der Waals surface area contributed by atoms with E-state index < -0.39 is 5.82 Å². The smallest absolute Gasteiger partial charge is 0.166 e. The van der Waals surface area contributed by atoms with Crippen molar-refractivity contribution in [2.75, 3.05) is 26.2 Å². The molecule has 0 radical (unpaired) electrons. The van der Waals surface area contributed by atoms with Crippen molar-refractivity contribution in [3.05, 3.63) is 28.0 Å². The predicted molar refractivity (Wildman–Crippen MR) is 84.9 cm³/mol. The normalized spacial score (nSPS) is 22.6. The Kier molecular flexibility index (Phi) is 4.82. The molecule has 116 valence electrons. The molecule has 1 aliphatic heterocycles. The molecule has 1 atom stereocenters. The van der Waals surface area contributed by atoms with Gasteiger partial charge in [0.25, 0.3) is 0 Å². The minimum Gasteiger partial charge on any atom is -0.505 e. The first-order valence-corrected chi connectivity index (χ1v) is 8.59. The molecule has 0 unspecified atom stereocenters. The summed E-state index contributed by atoms with van der Waals surface area (Å²) in [5.41, 5.74) is 0.746. The van der Waals surface area contributed by atoms with E-state index in [1.807, 2.05) is 6.07 Å². The second-order valence-electron chi connectivity index (χ2n) is 6.10. The van der Waals surface area contributed by atoms with E-state index in [-0.39, 0.29) is 11.8 Å². The lowest BCUT2D eigenvalue weighted by Crippen LogP contribution is -2.46. The van der Waals surface area contributed by atoms with Crippen LogP contribution in [0.2, 0.25) is 0 Å². The van der Waals surface area contributed by atoms with Crippen LogP contribution in [0.25, 0.3) is 0 Å². The fourth-order valence-corrected chi connectivity index (χ4v) is 4.24. The highest BCUT2D eigenvalue weighted by Gasteiger charge is 2.34. The Morgan fingerprint density at radius 2 is 1.90 bits per heavy atom. The number of piperazine rings is 1. The summed E-state index contributed by atoms with van der Waals surface area (Å²) < 4.78 is 14.6. The second-order valence-corrected chi connectivity index (χ2v) is 7.02. The van der Waals surface area contributed by atoms with Crippen molar-refractivity contribution in [1.82, 2.24) is 10.2 Å². The molecular weight excluding hydrogens is 335 g/mol. The highest BCUT2D eigenvalue weighted by molar-refractivity contribution is 9.10. The molecule has 1 aliphatic carbocycles. The van der Waals surface area contributed by atoms with E-state index in [9.17, 15) is 9.50 Å². The average molecular weight is 357 g/mol. The molecule has 2 fully saturated rings. The molecule has 0 bridgehead atoms. The van der Waals surface area contributed by atoms with Crippen LogP contribution in [-0.4, -0.2) is 36.2 Å². The molecule has 0 amide bonds. The third-order valence-corrected chi connectivity index (χ3v) is 5.23. The first-order chi connectivity index (χ1) is 10.2. The molecule has 2 N–H and O–H groups in total. The van der Waals surface area contributed by atoms with Crippen molar-refractivity contribution in [2.24, 2.45) is 5.92 Å². The maximum Gasteiger partial charge on any atom is 0.166 e. The van der Waals surface area contributed by atoms with Gasteiger partial charge < -0.3 is 10.4 Å². The third kappa shape index (κ3) is 3.25. The largest absolute Gasteiger partial charge is 0.505 e. The van der Waals surface area contributed by atoms with Crippen LogP contribution in [-0.2, 0) is 0 Å². The van der Waals surface area contributed by atoms with Gasteiger partial charge in [0.15, 0.2) is 11.6 Å². The van der Waals surface area contributed by atoms with Crippen molar-refractivity contribution in [3.63, 3.8) is 0 Å². The SMILES string of the molecule is Oc1c(F)cc(Br)cc1[C@H](C1CCCC1)N1CCNCC1. The Hall–Kier alpha value is -0.650. The summed E-state index contributed by atoms with van der Waals surface area (Å²) in [6, 6.07) is 3.35. The number of phenolic OH excluding ortho intramolecular Hbond substituents is 1. The number of benzene rings is 1. The van der Waals surface area contributed by atoms with Crippen molar-refractivity contribution >= 4 is 15.9 Å². The number of halogens is 2. The van der Waals surface area contributed by atoms with Gasteiger partial charge in [-0.2, -0.15) is 0 Å². The van der Waals surface area contributed by atoms with Crippen LogP contribution in [0.1, 0.15) is 37.3 Å². The number of nitrogens with one attached hydrogen (secondary N) is 1. The molecule has 3 rings (SSSR count). The van der Waals surface area contributed by atoms with E-state index >= 15 is 0 Å². The number of hydrogen-bond donors (Lipinski definition) is 2. The van der Waals surface area contributed by atoms with Gasteiger partial charge in [-0.25, -0.2) is 4.39 Å². The molecule has 1 aromatic rings. The zero-order chi connectivity index (χ0) is 14.8. The van der Waals surface area contributed by atoms with Crippen molar-refractivity contribution in [3.8, 4) is 5.75 Å². The maximum absolute atomic E-state index is 13.9. The van der Waals surface area contributed by atoms with Crippen molar-refractivity contribution in [1.29, 1.82) is 0 Å². The molecule has 1 aromatic carbocycles. The number of aromatic hydroxyl groups is 1. The molecule has 3 nitrogen and oxygen atoms in total. The van der Waals surface area contributed by atoms with Gasteiger partial charge in [0.2, 0.25) is 0 Å². The minimum atomic E-state index is -0.530. The van der Waals surface area contributed by atoms with Crippen LogP contribution >= 0.6 is 15.9 Å². The summed E-state index contributed by atoms with van der Waals surface area (Å²) in [4.78, 5) is 2.41. The molecule has 21 heavy (non-hydrogen) atoms. The Balaban J connectivity index is 1.97. The Labute approximate surface area is 133 Å². The average Bonchev–Trinajstić information content (AvgIpc) is 2.99. The summed E-state index contributed by atoms with van der Waals surface area (Å²) >= 11 is 3.37. The minimum absolute atomic E-state index is 0.126. The van der Waals surface area contributed by atoms with E-state index in [2.05, 4.69) is 26.1 Å². The fourth-order valence-electron chi connectivity index (χ4n) is 3.79. The number of rotatable bonds is 3. The van der Waals surface area contributed by atoms with Gasteiger partial charge in [-0.05, 0) is 30.9 Å². The summed E-state index contributed by atoms with van der Waals surface area (Å²) in [7, 11) is 0. The summed E-state index contributed by atoms with van der Waals surface area (Å²) in [6.07, 6.45) is 4.82. The lowest BCUT2D eigenvalue weighted by molar-refractivity contribution is 0.122. The van der Waals surface area contributed by atoms with Gasteiger partial charge in [0, 0.05) is 42.3 Å². The molecule has 1 heterocycles. The van der Waals surface area contributed by atoms with E-state index in [4.69, 9.17) is 0 Å².